The van der Waals surface area contributed by atoms with Crippen molar-refractivity contribution in [2.45, 2.75) is 333 Å². The van der Waals surface area contributed by atoms with Crippen molar-refractivity contribution in [1.82, 2.24) is 5.32 Å². The minimum atomic E-state index is -1.57. The van der Waals surface area contributed by atoms with Crippen LogP contribution in [0.3, 0.4) is 0 Å². The predicted octanol–water partition coefficient (Wildman–Crippen LogP) is 16.8. The Kier molecular flexibility index (Phi) is 52.7. The Morgan fingerprint density at radius 2 is 0.829 bits per heavy atom. The molecular weight excluding hydrogens is 947 g/mol. The second-order valence-corrected chi connectivity index (χ2v) is 22.2. The predicted molar refractivity (Wildman–Crippen MR) is 322 cm³/mol. The first-order chi connectivity index (χ1) is 37.3. The summed E-state index contributed by atoms with van der Waals surface area (Å²) < 4.78 is 11.3. The molecule has 9 nitrogen and oxygen atoms in total. The summed E-state index contributed by atoms with van der Waals surface area (Å²) in [7, 11) is 0. The maximum atomic E-state index is 13.1. The number of rotatable bonds is 55. The Labute approximate surface area is 468 Å². The molecule has 76 heavy (non-hydrogen) atoms. The number of unbranched alkanes of at least 4 members (excludes halogenated alkanes) is 35. The third-order valence-corrected chi connectivity index (χ3v) is 15.0. The van der Waals surface area contributed by atoms with Gasteiger partial charge in [0.1, 0.15) is 24.4 Å². The number of allylic oxidation sites excluding steroid dienone is 11. The van der Waals surface area contributed by atoms with Crippen LogP contribution < -0.4 is 5.32 Å². The molecule has 1 heterocycles. The van der Waals surface area contributed by atoms with Crippen LogP contribution in [0.4, 0.5) is 0 Å². The number of amides is 1. The van der Waals surface area contributed by atoms with Gasteiger partial charge in [0, 0.05) is 6.42 Å². The summed E-state index contributed by atoms with van der Waals surface area (Å²) in [4.78, 5) is 13.1. The van der Waals surface area contributed by atoms with E-state index in [1.54, 1.807) is 6.08 Å². The summed E-state index contributed by atoms with van der Waals surface area (Å²) in [6.45, 7) is 3.66. The summed E-state index contributed by atoms with van der Waals surface area (Å²) in [5.74, 6) is -0.184. The van der Waals surface area contributed by atoms with E-state index in [0.717, 1.165) is 64.2 Å². The van der Waals surface area contributed by atoms with E-state index in [4.69, 9.17) is 9.47 Å². The van der Waals surface area contributed by atoms with E-state index in [2.05, 4.69) is 79.9 Å². The summed E-state index contributed by atoms with van der Waals surface area (Å²) in [6, 6.07) is -0.821. The smallest absolute Gasteiger partial charge is 0.220 e. The topological polar surface area (TPSA) is 149 Å². The fourth-order valence-corrected chi connectivity index (χ4v) is 9.99. The van der Waals surface area contributed by atoms with Crippen molar-refractivity contribution < 1.29 is 39.8 Å². The Bertz CT molecular complexity index is 1420. The van der Waals surface area contributed by atoms with E-state index < -0.39 is 49.5 Å². The normalized spacial score (nSPS) is 19.3. The van der Waals surface area contributed by atoms with Gasteiger partial charge in [0.15, 0.2) is 6.29 Å². The number of hydrogen-bond donors (Lipinski definition) is 6. The van der Waals surface area contributed by atoms with Crippen molar-refractivity contribution in [2.75, 3.05) is 13.2 Å². The highest BCUT2D eigenvalue weighted by Crippen LogP contribution is 2.23. The van der Waals surface area contributed by atoms with Crippen LogP contribution in [-0.4, -0.2) is 87.5 Å². The SMILES string of the molecule is CC/C=C\C/C=C\C/C=C\C/C=C\CCCCCCCCCCCCCCCCCCCCCCCCCCCCC(=O)NC(COC1OC(CO)C(O)C(O)C1O)C(O)/C=C/CC/C=C/CCCCCCCCCC. The van der Waals surface area contributed by atoms with Crippen LogP contribution >= 0.6 is 0 Å². The summed E-state index contributed by atoms with van der Waals surface area (Å²) in [5, 5.41) is 54.5. The van der Waals surface area contributed by atoms with Gasteiger partial charge in [-0.3, -0.25) is 4.79 Å². The Morgan fingerprint density at radius 1 is 0.461 bits per heavy atom. The van der Waals surface area contributed by atoms with Gasteiger partial charge < -0.3 is 40.3 Å². The summed E-state index contributed by atoms with van der Waals surface area (Å²) in [6.07, 6.45) is 71.6. The highest BCUT2D eigenvalue weighted by atomic mass is 16.7. The molecule has 1 amide bonds. The van der Waals surface area contributed by atoms with Crippen LogP contribution in [0.2, 0.25) is 0 Å². The zero-order valence-corrected chi connectivity index (χ0v) is 49.3. The van der Waals surface area contributed by atoms with Crippen molar-refractivity contribution in [1.29, 1.82) is 0 Å². The number of hydrogen-bond acceptors (Lipinski definition) is 8. The molecule has 1 fully saturated rings. The van der Waals surface area contributed by atoms with Crippen LogP contribution in [0, 0.1) is 0 Å². The maximum Gasteiger partial charge on any atom is 0.220 e. The fourth-order valence-electron chi connectivity index (χ4n) is 9.99. The quantitative estimate of drug-likeness (QED) is 0.0261. The third-order valence-electron chi connectivity index (χ3n) is 15.0. The first kappa shape index (κ1) is 71.6. The molecule has 0 spiro atoms. The largest absolute Gasteiger partial charge is 0.394 e. The van der Waals surface area contributed by atoms with Crippen LogP contribution in [0.5, 0.6) is 0 Å². The highest BCUT2D eigenvalue weighted by Gasteiger charge is 2.44. The van der Waals surface area contributed by atoms with E-state index in [9.17, 15) is 30.3 Å². The van der Waals surface area contributed by atoms with Gasteiger partial charge in [0.05, 0.1) is 25.4 Å². The van der Waals surface area contributed by atoms with Gasteiger partial charge in [-0.1, -0.05) is 286 Å². The molecule has 1 aliphatic rings. The Hall–Kier alpha value is -2.37. The van der Waals surface area contributed by atoms with Crippen molar-refractivity contribution in [3.8, 4) is 0 Å². The van der Waals surface area contributed by atoms with E-state index >= 15 is 0 Å². The van der Waals surface area contributed by atoms with Gasteiger partial charge in [-0.25, -0.2) is 0 Å². The molecule has 1 rings (SSSR count). The zero-order chi connectivity index (χ0) is 55.0. The lowest BCUT2D eigenvalue weighted by molar-refractivity contribution is -0.302. The zero-order valence-electron chi connectivity index (χ0n) is 49.3. The summed E-state index contributed by atoms with van der Waals surface area (Å²) >= 11 is 0. The molecule has 0 saturated carbocycles. The van der Waals surface area contributed by atoms with E-state index in [1.807, 2.05) is 6.08 Å². The Balaban J connectivity index is 2.05. The lowest BCUT2D eigenvalue weighted by Gasteiger charge is -2.40. The van der Waals surface area contributed by atoms with Gasteiger partial charge in [0.25, 0.3) is 0 Å². The molecule has 1 saturated heterocycles. The van der Waals surface area contributed by atoms with Gasteiger partial charge in [-0.05, 0) is 70.6 Å². The molecule has 1 aliphatic heterocycles. The second kappa shape index (κ2) is 55.9. The molecule has 0 radical (unpaired) electrons. The van der Waals surface area contributed by atoms with E-state index in [1.165, 1.54) is 205 Å². The molecule has 6 N–H and O–H groups in total. The number of aliphatic hydroxyl groups is 5. The molecule has 0 aromatic heterocycles. The second-order valence-electron chi connectivity index (χ2n) is 22.2. The van der Waals surface area contributed by atoms with Gasteiger partial charge in [-0.15, -0.1) is 0 Å². The van der Waals surface area contributed by atoms with Gasteiger partial charge in [-0.2, -0.15) is 0 Å². The maximum absolute atomic E-state index is 13.1. The van der Waals surface area contributed by atoms with Crippen LogP contribution in [-0.2, 0) is 14.3 Å². The average molecular weight is 1070 g/mol. The average Bonchev–Trinajstić information content (AvgIpc) is 3.42. The molecule has 442 valence electrons. The number of ether oxygens (including phenoxy) is 2. The molecule has 0 aromatic rings. The van der Waals surface area contributed by atoms with E-state index in [-0.39, 0.29) is 12.5 Å². The molecule has 0 aromatic carbocycles. The van der Waals surface area contributed by atoms with Crippen molar-refractivity contribution in [2.24, 2.45) is 0 Å². The Morgan fingerprint density at radius 3 is 1.26 bits per heavy atom. The lowest BCUT2D eigenvalue weighted by Crippen LogP contribution is -2.60. The first-order valence-electron chi connectivity index (χ1n) is 32.2. The van der Waals surface area contributed by atoms with Gasteiger partial charge >= 0.3 is 0 Å². The molecule has 7 atom stereocenters. The van der Waals surface area contributed by atoms with Gasteiger partial charge in [0.2, 0.25) is 5.91 Å². The number of carbonyl (C=O) groups is 1. The monoisotopic (exact) mass is 1070 g/mol. The molecule has 0 aliphatic carbocycles. The summed E-state index contributed by atoms with van der Waals surface area (Å²) in [5.41, 5.74) is 0. The third kappa shape index (κ3) is 44.5. The van der Waals surface area contributed by atoms with Crippen LogP contribution in [0.1, 0.15) is 290 Å². The minimum Gasteiger partial charge on any atom is -0.394 e. The van der Waals surface area contributed by atoms with Crippen LogP contribution in [0.15, 0.2) is 72.9 Å². The molecule has 9 heteroatoms. The number of aliphatic hydroxyl groups excluding tert-OH is 5. The van der Waals surface area contributed by atoms with Crippen molar-refractivity contribution >= 4 is 5.91 Å². The minimum absolute atomic E-state index is 0.184. The van der Waals surface area contributed by atoms with E-state index in [0.29, 0.717) is 6.42 Å². The highest BCUT2D eigenvalue weighted by molar-refractivity contribution is 5.76. The lowest BCUT2D eigenvalue weighted by atomic mass is 9.99. The first-order valence-corrected chi connectivity index (χ1v) is 32.2. The number of nitrogens with one attached hydrogen (secondary N) is 1. The molecule has 7 unspecified atom stereocenters. The standard InChI is InChI=1S/C67H121NO8/c1-3-5-7-9-11-13-15-17-19-20-21-22-23-24-25-26-27-28-29-30-31-32-33-34-35-36-37-38-39-40-41-42-43-45-47-49-51-53-55-57-63(71)68-60(59-75-67-66(74)65(73)64(72)62(58-69)76-67)61(70)56-54-52-50-48-46-44-18-16-14-12-10-8-6-4-2/h5,7,11,13,17,19,21-22,46,48,54,56,60-62,64-67,69-70,72-74H,3-4,6,8-10,12,14-16,18,20,23-45,47,49-53,55,57-59H2,1-2H3,(H,68,71)/b7-5-,13-11-,19-17-,22-21-,48-46+,56-54+. The molecule has 0 bridgehead atoms. The fraction of sp³-hybridized carbons (Fsp3) is 0.806. The number of carbonyl (C=O) groups excluding carboxylic acids is 1. The van der Waals surface area contributed by atoms with Crippen molar-refractivity contribution in [3.05, 3.63) is 72.9 Å². The molecular formula is C67H121NO8. The van der Waals surface area contributed by atoms with Crippen LogP contribution in [0.25, 0.3) is 0 Å². The van der Waals surface area contributed by atoms with Crippen molar-refractivity contribution in [3.63, 3.8) is 0 Å².